The summed E-state index contributed by atoms with van der Waals surface area (Å²) in [6.45, 7) is 19.9. The smallest absolute Gasteiger partial charge is 0.0726 e. The van der Waals surface area contributed by atoms with E-state index >= 15 is 0 Å². The van der Waals surface area contributed by atoms with Crippen molar-refractivity contribution in [3.63, 3.8) is 0 Å². The molecule has 4 aromatic rings. The summed E-state index contributed by atoms with van der Waals surface area (Å²) in [7, 11) is 0. The molecule has 2 aliphatic rings. The Kier molecular flexibility index (Phi) is 9.27. The monoisotopic (exact) mass is 625 g/mol. The number of hydrogen-bond donors (Lipinski definition) is 1. The van der Waals surface area contributed by atoms with Crippen molar-refractivity contribution < 1.29 is 0 Å². The second-order valence-electron chi connectivity index (χ2n) is 12.5. The van der Waals surface area contributed by atoms with E-state index in [2.05, 4.69) is 119 Å². The van der Waals surface area contributed by atoms with Gasteiger partial charge < -0.3 is 14.9 Å². The zero-order chi connectivity index (χ0) is 33.4. The standard InChI is InChI=1S/C42H51N5/c1-9-29-32(12-4)41-33(13-5)39-30(10-2)31(11-3)40(45-39)34(14-6)42-38(43)37(26-20-18-17-19-21-26)36(47(42)16-8)25-28-23-22-27(44-28)24-35(29)46(41)15-7/h17-25H,9-16,43H2,1-8H3. The molecule has 1 aromatic carbocycles. The van der Waals surface area contributed by atoms with E-state index in [1.165, 1.54) is 50.1 Å². The van der Waals surface area contributed by atoms with Crippen LogP contribution in [0.5, 0.6) is 0 Å². The Morgan fingerprint density at radius 2 is 1.06 bits per heavy atom. The van der Waals surface area contributed by atoms with E-state index in [0.29, 0.717) is 0 Å². The molecule has 0 amide bonds. The fourth-order valence-electron chi connectivity index (χ4n) is 8.25. The number of aryl methyl sites for hydroxylation is 6. The molecule has 0 unspecified atom stereocenters. The highest BCUT2D eigenvalue weighted by Crippen LogP contribution is 2.44. The molecular formula is C42H51N5. The van der Waals surface area contributed by atoms with Crippen molar-refractivity contribution in [2.45, 2.75) is 107 Å². The molecule has 5 heterocycles. The molecule has 0 saturated carbocycles. The van der Waals surface area contributed by atoms with Gasteiger partial charge in [-0.2, -0.15) is 0 Å². The van der Waals surface area contributed by atoms with Crippen LogP contribution >= 0.6 is 0 Å². The van der Waals surface area contributed by atoms with Crippen LogP contribution in [-0.2, 0) is 38.8 Å². The normalized spacial score (nSPS) is 12.9. The van der Waals surface area contributed by atoms with Crippen molar-refractivity contribution in [1.29, 1.82) is 0 Å². The molecule has 2 N–H and O–H groups in total. The number of anilines is 1. The fraction of sp³-hybridized carbons (Fsp3) is 0.381. The number of allylic oxidation sites excluding steroid dienone is 2. The number of fused-ring (bicyclic) bond motifs is 8. The maximum atomic E-state index is 7.31. The number of benzene rings is 1. The van der Waals surface area contributed by atoms with Gasteiger partial charge in [-0.05, 0) is 104 Å². The Balaban J connectivity index is 1.98. The molecule has 0 atom stereocenters. The van der Waals surface area contributed by atoms with Gasteiger partial charge in [-0.25, -0.2) is 9.97 Å². The molecule has 244 valence electrons. The fourth-order valence-corrected chi connectivity index (χ4v) is 8.25. The van der Waals surface area contributed by atoms with Gasteiger partial charge in [0.1, 0.15) is 0 Å². The highest BCUT2D eigenvalue weighted by molar-refractivity contribution is 6.03. The zero-order valence-electron chi connectivity index (χ0n) is 29.7. The lowest BCUT2D eigenvalue weighted by Crippen LogP contribution is -2.01. The maximum Gasteiger partial charge on any atom is 0.0726 e. The average molecular weight is 626 g/mol. The largest absolute Gasteiger partial charge is 0.396 e. The van der Waals surface area contributed by atoms with Crippen molar-refractivity contribution >= 4 is 51.1 Å². The van der Waals surface area contributed by atoms with Crippen LogP contribution in [0, 0.1) is 0 Å². The van der Waals surface area contributed by atoms with E-state index in [4.69, 9.17) is 15.7 Å². The molecule has 3 aromatic heterocycles. The third-order valence-electron chi connectivity index (χ3n) is 10.2. The Morgan fingerprint density at radius 1 is 0.553 bits per heavy atom. The van der Waals surface area contributed by atoms with Crippen LogP contribution in [0.25, 0.3) is 56.5 Å². The van der Waals surface area contributed by atoms with E-state index in [-0.39, 0.29) is 0 Å². The summed E-state index contributed by atoms with van der Waals surface area (Å²) in [6, 6.07) is 15.1. The van der Waals surface area contributed by atoms with E-state index in [1.807, 2.05) is 0 Å². The number of nitrogens with two attached hydrogens (primary N) is 1. The first-order valence-electron chi connectivity index (χ1n) is 18.0. The molecule has 2 aliphatic heterocycles. The second kappa shape index (κ2) is 13.4. The molecule has 0 saturated heterocycles. The Labute approximate surface area is 280 Å². The highest BCUT2D eigenvalue weighted by Gasteiger charge is 2.27. The summed E-state index contributed by atoms with van der Waals surface area (Å²) in [5.74, 6) is 0. The third-order valence-corrected chi connectivity index (χ3v) is 10.2. The first-order chi connectivity index (χ1) is 22.9. The molecule has 0 spiro atoms. The summed E-state index contributed by atoms with van der Waals surface area (Å²) in [5, 5.41) is 0. The summed E-state index contributed by atoms with van der Waals surface area (Å²) >= 11 is 0. The molecule has 5 heteroatoms. The van der Waals surface area contributed by atoms with Gasteiger partial charge in [-0.15, -0.1) is 0 Å². The minimum Gasteiger partial charge on any atom is -0.396 e. The highest BCUT2D eigenvalue weighted by atomic mass is 15.0. The first-order valence-corrected chi connectivity index (χ1v) is 18.0. The average Bonchev–Trinajstić information content (AvgIpc) is 3.83. The topological polar surface area (TPSA) is 61.7 Å². The second-order valence-corrected chi connectivity index (χ2v) is 12.5. The molecule has 6 rings (SSSR count). The lowest BCUT2D eigenvalue weighted by atomic mass is 9.94. The lowest BCUT2D eigenvalue weighted by Gasteiger charge is -2.12. The van der Waals surface area contributed by atoms with Crippen molar-refractivity contribution in [2.75, 3.05) is 5.73 Å². The minimum atomic E-state index is 0.786. The number of nitrogens with zero attached hydrogens (tertiary/aromatic N) is 4. The van der Waals surface area contributed by atoms with Crippen molar-refractivity contribution in [3.05, 3.63) is 87.5 Å². The van der Waals surface area contributed by atoms with E-state index in [0.717, 1.165) is 96.5 Å². The van der Waals surface area contributed by atoms with Gasteiger partial charge in [0.2, 0.25) is 0 Å². The van der Waals surface area contributed by atoms with Crippen LogP contribution in [0.1, 0.15) is 113 Å². The van der Waals surface area contributed by atoms with Crippen LogP contribution < -0.4 is 5.73 Å². The van der Waals surface area contributed by atoms with Gasteiger partial charge in [-0.1, -0.05) is 71.9 Å². The minimum absolute atomic E-state index is 0.786. The Bertz CT molecular complexity index is 2070. The summed E-state index contributed by atoms with van der Waals surface area (Å²) in [6.07, 6.45) is 9.89. The van der Waals surface area contributed by atoms with E-state index < -0.39 is 0 Å². The van der Waals surface area contributed by atoms with Gasteiger partial charge in [0.25, 0.3) is 0 Å². The van der Waals surface area contributed by atoms with Gasteiger partial charge in [-0.3, -0.25) is 0 Å². The van der Waals surface area contributed by atoms with Gasteiger partial charge in [0.15, 0.2) is 0 Å². The van der Waals surface area contributed by atoms with Crippen LogP contribution in [0.2, 0.25) is 0 Å². The van der Waals surface area contributed by atoms with Crippen molar-refractivity contribution in [1.82, 2.24) is 19.1 Å². The molecule has 0 fully saturated rings. The molecule has 5 nitrogen and oxygen atoms in total. The summed E-state index contributed by atoms with van der Waals surface area (Å²) in [4.78, 5) is 10.9. The zero-order valence-corrected chi connectivity index (χ0v) is 29.7. The van der Waals surface area contributed by atoms with Crippen LogP contribution in [-0.4, -0.2) is 19.1 Å². The Morgan fingerprint density at radius 3 is 1.57 bits per heavy atom. The molecule has 8 bridgehead atoms. The summed E-state index contributed by atoms with van der Waals surface area (Å²) in [5.41, 5.74) is 27.6. The molecular weight excluding hydrogens is 574 g/mol. The van der Waals surface area contributed by atoms with Crippen LogP contribution in [0.3, 0.4) is 0 Å². The predicted molar refractivity (Wildman–Crippen MR) is 203 cm³/mol. The van der Waals surface area contributed by atoms with Gasteiger partial charge in [0, 0.05) is 35.3 Å². The first kappa shape index (κ1) is 32.6. The van der Waals surface area contributed by atoms with Gasteiger partial charge in [0.05, 0.1) is 45.0 Å². The number of nitrogen functional groups attached to an aromatic ring is 1. The number of aromatic nitrogens is 4. The van der Waals surface area contributed by atoms with Crippen LogP contribution in [0.15, 0.2) is 42.5 Å². The van der Waals surface area contributed by atoms with E-state index in [1.54, 1.807) is 0 Å². The third kappa shape index (κ3) is 5.15. The van der Waals surface area contributed by atoms with E-state index in [9.17, 15) is 0 Å². The maximum absolute atomic E-state index is 7.31. The quantitative estimate of drug-likeness (QED) is 0.177. The molecule has 0 aliphatic carbocycles. The van der Waals surface area contributed by atoms with Crippen molar-refractivity contribution in [3.8, 4) is 11.1 Å². The summed E-state index contributed by atoms with van der Waals surface area (Å²) < 4.78 is 4.95. The number of hydrogen-bond acceptors (Lipinski definition) is 3. The van der Waals surface area contributed by atoms with Crippen molar-refractivity contribution in [2.24, 2.45) is 0 Å². The molecule has 0 radical (unpaired) electrons. The number of rotatable bonds is 9. The predicted octanol–water partition coefficient (Wildman–Crippen LogP) is 10.7. The molecule has 47 heavy (non-hydrogen) atoms. The lowest BCUT2D eigenvalue weighted by molar-refractivity contribution is 0.815. The van der Waals surface area contributed by atoms with Crippen LogP contribution in [0.4, 0.5) is 5.69 Å². The Hall–Kier alpha value is -4.38. The SMILES string of the molecule is CCC1=C(CC)c2nc1c(CC)c1c(N)c(-c3ccccc3)c(cc3nc(cc4c(CC)c(CC)c(c2CC)n4CC)C=C3)n1CC. The van der Waals surface area contributed by atoms with Gasteiger partial charge >= 0.3 is 0 Å².